The zero-order chi connectivity index (χ0) is 20.7. The first-order valence-electron chi connectivity index (χ1n) is 10.3. The molecule has 1 spiro atoms. The van der Waals surface area contributed by atoms with Gasteiger partial charge in [-0.1, -0.05) is 18.2 Å². The quantitative estimate of drug-likeness (QED) is 0.747. The van der Waals surface area contributed by atoms with Crippen LogP contribution in [0.4, 0.5) is 0 Å². The Hall–Kier alpha value is -2.85. The minimum atomic E-state index is -0.433. The van der Waals surface area contributed by atoms with Gasteiger partial charge in [0, 0.05) is 31.0 Å². The summed E-state index contributed by atoms with van der Waals surface area (Å²) in [6, 6.07) is 13.3. The number of fused-ring (bicyclic) bond motifs is 1. The zero-order valence-corrected chi connectivity index (χ0v) is 17.3. The van der Waals surface area contributed by atoms with Crippen LogP contribution in [0.3, 0.4) is 0 Å². The first-order chi connectivity index (χ1) is 14.6. The zero-order valence-electron chi connectivity index (χ0n) is 16.5. The van der Waals surface area contributed by atoms with E-state index >= 15 is 0 Å². The van der Waals surface area contributed by atoms with Crippen LogP contribution in [0, 0.1) is 11.3 Å². The molecule has 30 heavy (non-hydrogen) atoms. The van der Waals surface area contributed by atoms with Gasteiger partial charge in [-0.2, -0.15) is 5.26 Å². The second-order valence-electron chi connectivity index (χ2n) is 8.15. The van der Waals surface area contributed by atoms with Gasteiger partial charge < -0.3 is 9.80 Å². The van der Waals surface area contributed by atoms with Crippen LogP contribution in [0.5, 0.6) is 0 Å². The number of pyridine rings is 1. The Morgan fingerprint density at radius 2 is 1.93 bits per heavy atom. The Kier molecular flexibility index (Phi) is 4.75. The Bertz CT molecular complexity index is 1030. The standard InChI is InChI=1S/C23H22N4O2S/c24-13-16-12-18(15-25-14-16)19-6-7-20-27(19)22(29)23(30-20)8-10-26(11-9-23)21(28)17-4-2-1-3-5-17/h1-5,12,14-15,19-20H,6-11H2/t19-,20+/m0/s1. The molecule has 3 saturated heterocycles. The predicted octanol–water partition coefficient (Wildman–Crippen LogP) is 3.36. The van der Waals surface area contributed by atoms with Crippen LogP contribution in [0.15, 0.2) is 48.8 Å². The first kappa shape index (κ1) is 19.1. The maximum atomic E-state index is 13.6. The summed E-state index contributed by atoms with van der Waals surface area (Å²) in [5.74, 6) is 0.229. The van der Waals surface area contributed by atoms with Gasteiger partial charge in [0.15, 0.2) is 0 Å². The molecular formula is C23H22N4O2S. The predicted molar refractivity (Wildman–Crippen MR) is 113 cm³/mol. The van der Waals surface area contributed by atoms with Gasteiger partial charge in [-0.3, -0.25) is 14.6 Å². The van der Waals surface area contributed by atoms with Crippen LogP contribution in [0.25, 0.3) is 0 Å². The number of rotatable bonds is 2. The molecule has 0 aliphatic carbocycles. The number of amides is 2. The number of nitriles is 1. The second kappa shape index (κ2) is 7.44. The van der Waals surface area contributed by atoms with Crippen LogP contribution >= 0.6 is 11.8 Å². The molecule has 0 bridgehead atoms. The Labute approximate surface area is 179 Å². The summed E-state index contributed by atoms with van der Waals surface area (Å²) in [5, 5.41) is 9.36. The van der Waals surface area contributed by atoms with Crippen LogP contribution < -0.4 is 0 Å². The van der Waals surface area contributed by atoms with Crippen molar-refractivity contribution in [3.63, 3.8) is 0 Å². The van der Waals surface area contributed by atoms with Gasteiger partial charge in [-0.15, -0.1) is 11.8 Å². The molecule has 1 aromatic heterocycles. The number of carbonyl (C=O) groups is 2. The van der Waals surface area contributed by atoms with Gasteiger partial charge in [0.25, 0.3) is 5.91 Å². The van der Waals surface area contributed by atoms with E-state index < -0.39 is 4.75 Å². The molecule has 1 aromatic carbocycles. The van der Waals surface area contributed by atoms with Crippen molar-refractivity contribution in [1.29, 1.82) is 5.26 Å². The summed E-state index contributed by atoms with van der Waals surface area (Å²) in [6.07, 6.45) is 6.55. The topological polar surface area (TPSA) is 77.3 Å². The largest absolute Gasteiger partial charge is 0.339 e. The normalized spacial score (nSPS) is 24.7. The molecule has 2 atom stereocenters. The van der Waals surface area contributed by atoms with Crippen molar-refractivity contribution in [3.05, 3.63) is 65.5 Å². The number of nitrogens with zero attached hydrogens (tertiary/aromatic N) is 4. The lowest BCUT2D eigenvalue weighted by Gasteiger charge is -2.38. The molecule has 7 heteroatoms. The highest BCUT2D eigenvalue weighted by atomic mass is 32.2. The van der Waals surface area contributed by atoms with E-state index in [4.69, 9.17) is 0 Å². The van der Waals surface area contributed by atoms with Crippen molar-refractivity contribution in [2.24, 2.45) is 0 Å². The summed E-state index contributed by atoms with van der Waals surface area (Å²) in [5.41, 5.74) is 2.17. The number of thioether (sulfide) groups is 1. The highest BCUT2D eigenvalue weighted by molar-refractivity contribution is 8.02. The summed E-state index contributed by atoms with van der Waals surface area (Å²) in [6.45, 7) is 1.20. The molecule has 0 unspecified atom stereocenters. The van der Waals surface area contributed by atoms with Crippen molar-refractivity contribution in [2.75, 3.05) is 13.1 Å². The van der Waals surface area contributed by atoms with Crippen molar-refractivity contribution in [2.45, 2.75) is 41.8 Å². The fourth-order valence-corrected chi connectivity index (χ4v) is 6.66. The highest BCUT2D eigenvalue weighted by Crippen LogP contribution is 2.55. The number of carbonyl (C=O) groups excluding carboxylic acids is 2. The lowest BCUT2D eigenvalue weighted by Crippen LogP contribution is -2.49. The van der Waals surface area contributed by atoms with Crippen molar-refractivity contribution in [1.82, 2.24) is 14.8 Å². The summed E-state index contributed by atoms with van der Waals surface area (Å²) < 4.78 is -0.433. The van der Waals surface area contributed by atoms with Gasteiger partial charge in [0.2, 0.25) is 5.91 Å². The minimum absolute atomic E-state index is 0.0147. The van der Waals surface area contributed by atoms with Crippen molar-refractivity contribution < 1.29 is 9.59 Å². The summed E-state index contributed by atoms with van der Waals surface area (Å²) in [7, 11) is 0. The number of benzene rings is 1. The smallest absolute Gasteiger partial charge is 0.253 e. The average Bonchev–Trinajstić information content (AvgIpc) is 3.32. The fraction of sp³-hybridized carbons (Fsp3) is 0.391. The van der Waals surface area contributed by atoms with Gasteiger partial charge in [0.1, 0.15) is 10.8 Å². The van der Waals surface area contributed by atoms with Gasteiger partial charge >= 0.3 is 0 Å². The fourth-order valence-electron chi connectivity index (χ4n) is 4.91. The summed E-state index contributed by atoms with van der Waals surface area (Å²) >= 11 is 1.78. The van der Waals surface area contributed by atoms with E-state index in [2.05, 4.69) is 11.1 Å². The van der Waals surface area contributed by atoms with Crippen LogP contribution in [0.1, 0.15) is 53.2 Å². The lowest BCUT2D eigenvalue weighted by molar-refractivity contribution is -0.134. The van der Waals surface area contributed by atoms with E-state index in [1.54, 1.807) is 24.2 Å². The Balaban J connectivity index is 1.32. The van der Waals surface area contributed by atoms with Gasteiger partial charge in [0.05, 0.1) is 17.0 Å². The molecule has 0 radical (unpaired) electrons. The van der Waals surface area contributed by atoms with E-state index in [-0.39, 0.29) is 23.2 Å². The molecule has 5 rings (SSSR count). The number of likely N-dealkylation sites (tertiary alicyclic amines) is 1. The lowest BCUT2D eigenvalue weighted by atomic mass is 9.93. The number of aromatic nitrogens is 1. The minimum Gasteiger partial charge on any atom is -0.339 e. The molecule has 152 valence electrons. The molecule has 3 aliphatic rings. The SMILES string of the molecule is N#Cc1cncc([C@@H]2CC[C@H]3SC4(CCN(C(=O)c5ccccc5)CC4)C(=O)N32)c1. The molecule has 0 N–H and O–H groups in total. The van der Waals surface area contributed by atoms with Crippen molar-refractivity contribution in [3.8, 4) is 6.07 Å². The van der Waals surface area contributed by atoms with Crippen LogP contribution in [-0.2, 0) is 4.79 Å². The van der Waals surface area contributed by atoms with Crippen molar-refractivity contribution >= 4 is 23.6 Å². The van der Waals surface area contributed by atoms with Crippen LogP contribution in [0.2, 0.25) is 0 Å². The molecule has 4 heterocycles. The molecule has 3 aliphatic heterocycles. The molecule has 0 saturated carbocycles. The van der Waals surface area contributed by atoms with E-state index in [0.717, 1.165) is 18.4 Å². The first-order valence-corrected chi connectivity index (χ1v) is 11.2. The third-order valence-corrected chi connectivity index (χ3v) is 8.24. The molecule has 2 aromatic rings. The monoisotopic (exact) mass is 418 g/mol. The highest BCUT2D eigenvalue weighted by Gasteiger charge is 2.57. The molecular weight excluding hydrogens is 396 g/mol. The molecule has 2 amide bonds. The maximum absolute atomic E-state index is 13.6. The van der Waals surface area contributed by atoms with E-state index in [1.165, 1.54) is 0 Å². The van der Waals surface area contributed by atoms with Crippen LogP contribution in [-0.4, -0.2) is 49.8 Å². The third kappa shape index (κ3) is 3.07. The Morgan fingerprint density at radius 1 is 1.17 bits per heavy atom. The average molecular weight is 419 g/mol. The third-order valence-electron chi connectivity index (χ3n) is 6.47. The summed E-state index contributed by atoms with van der Waals surface area (Å²) in [4.78, 5) is 34.4. The maximum Gasteiger partial charge on any atom is 0.253 e. The molecule has 3 fully saturated rings. The Morgan fingerprint density at radius 3 is 2.67 bits per heavy atom. The number of piperidine rings is 1. The molecule has 6 nitrogen and oxygen atoms in total. The van der Waals surface area contributed by atoms with Gasteiger partial charge in [-0.25, -0.2) is 0 Å². The number of hydrogen-bond donors (Lipinski definition) is 0. The van der Waals surface area contributed by atoms with Gasteiger partial charge in [-0.05, 0) is 49.4 Å². The van der Waals surface area contributed by atoms with E-state index in [9.17, 15) is 14.9 Å². The van der Waals surface area contributed by atoms with E-state index in [0.29, 0.717) is 37.1 Å². The second-order valence-corrected chi connectivity index (χ2v) is 9.71. The number of hydrogen-bond acceptors (Lipinski definition) is 5. The van der Waals surface area contributed by atoms with E-state index in [1.807, 2.05) is 46.2 Å².